The van der Waals surface area contributed by atoms with Gasteiger partial charge in [0.15, 0.2) is 0 Å². The molecule has 0 aromatic rings. The molecule has 1 unspecified atom stereocenters. The Hall–Kier alpha value is -0.160. The largest absolute Gasteiger partial charge is 0.370 e. The molecule has 0 spiro atoms. The van der Waals surface area contributed by atoms with Crippen molar-refractivity contribution in [2.24, 2.45) is 0 Å². The van der Waals surface area contributed by atoms with E-state index in [0.717, 1.165) is 6.42 Å². The van der Waals surface area contributed by atoms with E-state index in [9.17, 15) is 0 Å². The summed E-state index contributed by atoms with van der Waals surface area (Å²) < 4.78 is 4.81. The minimum absolute atomic E-state index is 0.407. The van der Waals surface area contributed by atoms with Crippen LogP contribution in [-0.4, -0.2) is 34.0 Å². The molecule has 4 heteroatoms. The van der Waals surface area contributed by atoms with Gasteiger partial charge in [0.1, 0.15) is 6.10 Å². The molecule has 0 heterocycles. The van der Waals surface area contributed by atoms with Crippen molar-refractivity contribution in [3.8, 4) is 0 Å². The Balaban J connectivity index is 3.52. The van der Waals surface area contributed by atoms with Crippen LogP contribution >= 0.6 is 0 Å². The van der Waals surface area contributed by atoms with E-state index in [1.807, 2.05) is 6.92 Å². The summed E-state index contributed by atoms with van der Waals surface area (Å²) in [6.45, 7) is 3.68. The molecule has 0 bridgehead atoms. The van der Waals surface area contributed by atoms with E-state index in [-0.39, 0.29) is 0 Å². The minimum Gasteiger partial charge on any atom is -0.370 e. The number of hydrogen-bond acceptors (Lipinski definition) is 4. The van der Waals surface area contributed by atoms with Crippen LogP contribution in [0.3, 0.4) is 0 Å². The van der Waals surface area contributed by atoms with E-state index in [2.05, 4.69) is 0 Å². The van der Waals surface area contributed by atoms with Crippen molar-refractivity contribution in [2.75, 3.05) is 6.61 Å². The van der Waals surface area contributed by atoms with Gasteiger partial charge < -0.3 is 20.1 Å². The van der Waals surface area contributed by atoms with Crippen molar-refractivity contribution in [3.63, 3.8) is 0 Å². The first kappa shape index (κ1) is 9.84. The summed E-state index contributed by atoms with van der Waals surface area (Å²) in [5.74, 6) is -2.71. The first-order valence-corrected chi connectivity index (χ1v) is 3.27. The zero-order chi connectivity index (χ0) is 8.20. The summed E-state index contributed by atoms with van der Waals surface area (Å²) in [6.07, 6.45) is -0.187. The maximum Gasteiger partial charge on any atom is 0.302 e. The fraction of sp³-hybridized carbons (Fsp3) is 1.00. The van der Waals surface area contributed by atoms with Crippen LogP contribution in [0.5, 0.6) is 0 Å². The van der Waals surface area contributed by atoms with Crippen LogP contribution in [0.25, 0.3) is 0 Å². The molecule has 0 amide bonds. The second kappa shape index (κ2) is 3.88. The molecule has 62 valence electrons. The zero-order valence-electron chi connectivity index (χ0n) is 6.24. The van der Waals surface area contributed by atoms with Crippen LogP contribution in [0.4, 0.5) is 0 Å². The van der Waals surface area contributed by atoms with Gasteiger partial charge in [-0.25, -0.2) is 0 Å². The van der Waals surface area contributed by atoms with E-state index in [4.69, 9.17) is 20.1 Å². The molecule has 0 aliphatic heterocycles. The van der Waals surface area contributed by atoms with Crippen LogP contribution in [0.1, 0.15) is 20.3 Å². The van der Waals surface area contributed by atoms with Crippen molar-refractivity contribution >= 4 is 0 Å². The Morgan fingerprint density at radius 1 is 1.40 bits per heavy atom. The molecule has 0 radical (unpaired) electrons. The van der Waals surface area contributed by atoms with Gasteiger partial charge in [-0.1, -0.05) is 6.92 Å². The number of rotatable bonds is 4. The first-order valence-electron chi connectivity index (χ1n) is 3.27. The fourth-order valence-corrected chi connectivity index (χ4v) is 0.406. The zero-order valence-corrected chi connectivity index (χ0v) is 6.24. The van der Waals surface area contributed by atoms with Crippen molar-refractivity contribution in [1.82, 2.24) is 0 Å². The summed E-state index contributed by atoms with van der Waals surface area (Å²) in [6, 6.07) is 0. The molecular formula is C6H14O4. The average molecular weight is 150 g/mol. The van der Waals surface area contributed by atoms with Gasteiger partial charge in [-0.05, 0) is 13.3 Å². The first-order chi connectivity index (χ1) is 4.48. The van der Waals surface area contributed by atoms with Crippen LogP contribution < -0.4 is 0 Å². The van der Waals surface area contributed by atoms with Gasteiger partial charge in [-0.3, -0.25) is 0 Å². The number of hydrogen-bond donors (Lipinski definition) is 3. The summed E-state index contributed by atoms with van der Waals surface area (Å²) in [5.41, 5.74) is 0. The van der Waals surface area contributed by atoms with Gasteiger partial charge in [-0.2, -0.15) is 0 Å². The highest BCUT2D eigenvalue weighted by atomic mass is 16.7. The monoisotopic (exact) mass is 150 g/mol. The third-order valence-electron chi connectivity index (χ3n) is 1.12. The van der Waals surface area contributed by atoms with E-state index < -0.39 is 12.1 Å². The Bertz CT molecular complexity index is 86.2. The molecule has 3 N–H and O–H groups in total. The van der Waals surface area contributed by atoms with Gasteiger partial charge >= 0.3 is 5.97 Å². The average Bonchev–Trinajstić information content (AvgIpc) is 1.80. The molecule has 0 saturated heterocycles. The highest BCUT2D eigenvalue weighted by Crippen LogP contribution is 2.05. The predicted octanol–water partition coefficient (Wildman–Crippen LogP) is -0.568. The number of aliphatic hydroxyl groups is 3. The van der Waals surface area contributed by atoms with E-state index in [1.54, 1.807) is 0 Å². The SMILES string of the molecule is CCCOC(C)C(O)(O)O. The smallest absolute Gasteiger partial charge is 0.302 e. The van der Waals surface area contributed by atoms with Crippen LogP contribution in [0, 0.1) is 0 Å². The van der Waals surface area contributed by atoms with Gasteiger partial charge in [0.05, 0.1) is 0 Å². The highest BCUT2D eigenvalue weighted by molar-refractivity contribution is 4.57. The van der Waals surface area contributed by atoms with Gasteiger partial charge in [0.2, 0.25) is 0 Å². The lowest BCUT2D eigenvalue weighted by atomic mass is 10.3. The number of ether oxygens (including phenoxy) is 1. The quantitative estimate of drug-likeness (QED) is 0.469. The molecule has 0 fully saturated rings. The molecule has 0 aliphatic rings. The van der Waals surface area contributed by atoms with Crippen molar-refractivity contribution in [2.45, 2.75) is 32.3 Å². The van der Waals surface area contributed by atoms with Crippen molar-refractivity contribution < 1.29 is 20.1 Å². The van der Waals surface area contributed by atoms with Gasteiger partial charge in [-0.15, -0.1) is 0 Å². The summed E-state index contributed by atoms with van der Waals surface area (Å²) in [7, 11) is 0. The lowest BCUT2D eigenvalue weighted by Crippen LogP contribution is -2.41. The molecule has 4 nitrogen and oxygen atoms in total. The third kappa shape index (κ3) is 3.79. The molecule has 1 atom stereocenters. The minimum atomic E-state index is -2.71. The van der Waals surface area contributed by atoms with Gasteiger partial charge in [0, 0.05) is 6.61 Å². The van der Waals surface area contributed by atoms with Crippen molar-refractivity contribution in [1.29, 1.82) is 0 Å². The fourth-order valence-electron chi connectivity index (χ4n) is 0.406. The second-order valence-electron chi connectivity index (χ2n) is 2.20. The Kier molecular flexibility index (Phi) is 3.81. The van der Waals surface area contributed by atoms with Crippen molar-refractivity contribution in [3.05, 3.63) is 0 Å². The van der Waals surface area contributed by atoms with Gasteiger partial charge in [0.25, 0.3) is 0 Å². The highest BCUT2D eigenvalue weighted by Gasteiger charge is 2.28. The maximum atomic E-state index is 8.50. The molecule has 0 aromatic carbocycles. The Morgan fingerprint density at radius 3 is 2.20 bits per heavy atom. The third-order valence-corrected chi connectivity index (χ3v) is 1.12. The molecule has 10 heavy (non-hydrogen) atoms. The molecule has 0 aromatic heterocycles. The molecular weight excluding hydrogens is 136 g/mol. The summed E-state index contributed by atoms with van der Waals surface area (Å²) >= 11 is 0. The molecule has 0 rings (SSSR count). The standard InChI is InChI=1S/C6H14O4/c1-3-4-10-5(2)6(7,8)9/h5,7-9H,3-4H2,1-2H3. The molecule has 0 aliphatic carbocycles. The second-order valence-corrected chi connectivity index (χ2v) is 2.20. The summed E-state index contributed by atoms with van der Waals surface area (Å²) in [5, 5.41) is 25.5. The van der Waals surface area contributed by atoms with Crippen LogP contribution in [0.15, 0.2) is 0 Å². The normalized spacial score (nSPS) is 15.3. The lowest BCUT2D eigenvalue weighted by Gasteiger charge is -2.21. The van der Waals surface area contributed by atoms with E-state index in [0.29, 0.717) is 6.61 Å². The summed E-state index contributed by atoms with van der Waals surface area (Å²) in [4.78, 5) is 0. The van der Waals surface area contributed by atoms with E-state index >= 15 is 0 Å². The maximum absolute atomic E-state index is 8.50. The molecule has 0 saturated carbocycles. The Morgan fingerprint density at radius 2 is 1.90 bits per heavy atom. The van der Waals surface area contributed by atoms with Crippen LogP contribution in [-0.2, 0) is 4.74 Å². The lowest BCUT2D eigenvalue weighted by molar-refractivity contribution is -0.357. The van der Waals surface area contributed by atoms with Crippen LogP contribution in [0.2, 0.25) is 0 Å². The predicted molar refractivity (Wildman–Crippen MR) is 35.1 cm³/mol. The topological polar surface area (TPSA) is 69.9 Å². The van der Waals surface area contributed by atoms with E-state index in [1.165, 1.54) is 6.92 Å². The Labute approximate surface area is 60.1 Å².